The Bertz CT molecular complexity index is 1280. The molecule has 3 rings (SSSR count). The Morgan fingerprint density at radius 2 is 1.97 bits per heavy atom. The Hall–Kier alpha value is -1.99. The number of aliphatic hydroxyl groups is 1. The lowest BCUT2D eigenvalue weighted by Crippen LogP contribution is -2.41. The molecule has 15 heteroatoms. The van der Waals surface area contributed by atoms with Crippen molar-refractivity contribution in [3.63, 3.8) is 0 Å². The number of aromatic nitrogens is 2. The molecule has 2 heterocycles. The number of nitrogens with one attached hydrogen (secondary N) is 2. The molecule has 3 N–H and O–H groups in total. The van der Waals surface area contributed by atoms with Gasteiger partial charge in [0.25, 0.3) is 5.56 Å². The quantitative estimate of drug-likeness (QED) is 0.201. The summed E-state index contributed by atoms with van der Waals surface area (Å²) in [6.07, 6.45) is -2.69. The monoisotopic (exact) mass is 637 g/mol. The van der Waals surface area contributed by atoms with Crippen molar-refractivity contribution in [2.45, 2.75) is 56.0 Å². The van der Waals surface area contributed by atoms with Crippen LogP contribution < -0.4 is 20.9 Å². The predicted molar refractivity (Wildman–Crippen MR) is 142 cm³/mol. The summed E-state index contributed by atoms with van der Waals surface area (Å²) in [4.78, 5) is 37.9. The Balaban J connectivity index is 1.75. The number of esters is 1. The van der Waals surface area contributed by atoms with Gasteiger partial charge in [-0.2, -0.15) is 0 Å². The van der Waals surface area contributed by atoms with Crippen LogP contribution in [0.4, 0.5) is 0 Å². The maximum atomic E-state index is 13.7. The van der Waals surface area contributed by atoms with E-state index in [9.17, 15) is 24.1 Å². The van der Waals surface area contributed by atoms with Crippen LogP contribution in [0.3, 0.4) is 0 Å². The van der Waals surface area contributed by atoms with E-state index in [4.69, 9.17) is 30.1 Å². The zero-order chi connectivity index (χ0) is 28.3. The molecular weight excluding hydrogens is 609 g/mol. The highest BCUT2D eigenvalue weighted by molar-refractivity contribution is 9.10. The first-order valence-corrected chi connectivity index (χ1v) is 14.3. The van der Waals surface area contributed by atoms with Crippen LogP contribution >= 0.6 is 35.3 Å². The second-order valence-electron chi connectivity index (χ2n) is 9.74. The molecule has 0 saturated carbocycles. The second kappa shape index (κ2) is 12.0. The maximum Gasteiger partial charge on any atom is 0.459 e. The van der Waals surface area contributed by atoms with Crippen molar-refractivity contribution in [3.8, 4) is 5.75 Å². The maximum absolute atomic E-state index is 13.7. The highest BCUT2D eigenvalue weighted by Crippen LogP contribution is 2.50. The number of alkyl halides is 2. The molecule has 1 aromatic carbocycles. The summed E-state index contributed by atoms with van der Waals surface area (Å²) in [5.41, 5.74) is -2.14. The van der Waals surface area contributed by atoms with Gasteiger partial charge in [-0.1, -0.05) is 45.7 Å². The minimum atomic E-state index is -4.13. The number of benzene rings is 1. The normalized spacial score (nSPS) is 25.9. The first-order chi connectivity index (χ1) is 17.6. The van der Waals surface area contributed by atoms with Gasteiger partial charge in [-0.3, -0.25) is 23.7 Å². The van der Waals surface area contributed by atoms with E-state index in [1.807, 2.05) is 0 Å². The van der Waals surface area contributed by atoms with E-state index in [2.05, 4.69) is 26.0 Å². The molecule has 1 saturated heterocycles. The largest absolute Gasteiger partial charge is 0.464 e. The zero-order valence-corrected chi connectivity index (χ0v) is 24.4. The number of carbonyl (C=O) groups excluding carboxylic acids is 1. The average molecular weight is 639 g/mol. The summed E-state index contributed by atoms with van der Waals surface area (Å²) in [6, 6.07) is 8.70. The van der Waals surface area contributed by atoms with Gasteiger partial charge in [0.1, 0.15) is 24.6 Å². The van der Waals surface area contributed by atoms with Crippen LogP contribution in [0.5, 0.6) is 5.75 Å². The van der Waals surface area contributed by atoms with E-state index in [1.54, 1.807) is 58.0 Å². The van der Waals surface area contributed by atoms with Gasteiger partial charge in [-0.15, -0.1) is 0 Å². The highest BCUT2D eigenvalue weighted by Gasteiger charge is 2.55. The number of carbonyl (C=O) groups is 1. The molecule has 0 amide bonds. The van der Waals surface area contributed by atoms with Crippen molar-refractivity contribution in [1.82, 2.24) is 14.6 Å². The molecule has 2 aromatic rings. The van der Waals surface area contributed by atoms with Gasteiger partial charge in [0, 0.05) is 18.3 Å². The van der Waals surface area contributed by atoms with E-state index in [-0.39, 0.29) is 12.4 Å². The number of halogens is 2. The minimum absolute atomic E-state index is 0.118. The summed E-state index contributed by atoms with van der Waals surface area (Å²) in [5.74, 6) is -0.201. The summed E-state index contributed by atoms with van der Waals surface area (Å²) < 4.78 is 35.4. The fourth-order valence-electron chi connectivity index (χ4n) is 3.32. The molecule has 210 valence electrons. The van der Waals surface area contributed by atoms with Crippen LogP contribution in [0.25, 0.3) is 0 Å². The van der Waals surface area contributed by atoms with Crippen molar-refractivity contribution in [1.29, 1.82) is 0 Å². The number of hydrogen-bond donors (Lipinski definition) is 3. The molecule has 2 unspecified atom stereocenters. The van der Waals surface area contributed by atoms with Gasteiger partial charge in [0.05, 0.1) is 12.0 Å². The fourth-order valence-corrected chi connectivity index (χ4v) is 5.78. The number of H-pyrrole nitrogens is 1. The molecule has 0 bridgehead atoms. The van der Waals surface area contributed by atoms with Crippen LogP contribution in [0.1, 0.15) is 33.9 Å². The number of aromatic amines is 1. The van der Waals surface area contributed by atoms with Gasteiger partial charge in [-0.25, -0.2) is 14.4 Å². The van der Waals surface area contributed by atoms with Gasteiger partial charge in [0.15, 0.2) is 10.0 Å². The molecule has 1 aromatic heterocycles. The fraction of sp³-hybridized carbons (Fsp3) is 0.522. The van der Waals surface area contributed by atoms with E-state index in [0.29, 0.717) is 0 Å². The third-order valence-corrected chi connectivity index (χ3v) is 8.28. The Labute approximate surface area is 232 Å². The smallest absolute Gasteiger partial charge is 0.459 e. The van der Waals surface area contributed by atoms with E-state index in [1.165, 1.54) is 6.20 Å². The van der Waals surface area contributed by atoms with Gasteiger partial charge in [-0.05, 0) is 39.8 Å². The molecule has 0 aliphatic carbocycles. The molecule has 0 radical (unpaired) electrons. The average Bonchev–Trinajstić information content (AvgIpc) is 3.04. The molecule has 6 atom stereocenters. The first kappa shape index (κ1) is 30.6. The topological polar surface area (TPSA) is 158 Å². The number of para-hydroxylation sites is 1. The molecule has 12 nitrogen and oxygen atoms in total. The number of aliphatic hydroxyl groups excluding tert-OH is 1. The van der Waals surface area contributed by atoms with Crippen molar-refractivity contribution >= 4 is 41.2 Å². The van der Waals surface area contributed by atoms with Crippen LogP contribution in [0.2, 0.25) is 0 Å². The van der Waals surface area contributed by atoms with Crippen LogP contribution in [0.15, 0.2) is 52.2 Å². The van der Waals surface area contributed by atoms with Crippen LogP contribution in [-0.2, 0) is 23.4 Å². The van der Waals surface area contributed by atoms with E-state index < -0.39 is 65.2 Å². The standard InChI is InChI=1S/C23H30BrClN3O9P/c1-14(12-34-20(31)22(2,3)4)27-38(33,37-15-8-6-5-7-9-15)35-13-16-18(30)23(24,25)19(36-16)28-11-10-17(29)26-21(28)32/h5-11,14,16,18-19,30H,12-13H2,1-4H3,(H,27,33)(H,26,29,32)/t14?,16-,18-,19-,23+,38?/m1/s1. The zero-order valence-electron chi connectivity index (χ0n) is 21.1. The van der Waals surface area contributed by atoms with Crippen molar-refractivity contribution < 1.29 is 33.0 Å². The Morgan fingerprint density at radius 1 is 1.32 bits per heavy atom. The number of nitrogens with zero attached hydrogens (tertiary/aromatic N) is 1. The lowest BCUT2D eigenvalue weighted by Gasteiger charge is -2.26. The molecule has 1 aliphatic rings. The third kappa shape index (κ3) is 7.56. The summed E-state index contributed by atoms with van der Waals surface area (Å²) in [5, 5.41) is 13.5. The molecule has 1 aliphatic heterocycles. The lowest BCUT2D eigenvalue weighted by atomic mass is 9.97. The Kier molecular flexibility index (Phi) is 9.67. The molecule has 0 spiro atoms. The van der Waals surface area contributed by atoms with Crippen molar-refractivity contribution in [2.75, 3.05) is 13.2 Å². The van der Waals surface area contributed by atoms with E-state index in [0.717, 1.165) is 10.6 Å². The van der Waals surface area contributed by atoms with Gasteiger partial charge >= 0.3 is 19.4 Å². The van der Waals surface area contributed by atoms with E-state index >= 15 is 0 Å². The highest BCUT2D eigenvalue weighted by atomic mass is 79.9. The van der Waals surface area contributed by atoms with Gasteiger partial charge < -0.3 is 19.1 Å². The minimum Gasteiger partial charge on any atom is -0.464 e. The first-order valence-electron chi connectivity index (χ1n) is 11.6. The summed E-state index contributed by atoms with van der Waals surface area (Å²) >= 11 is 9.65. The van der Waals surface area contributed by atoms with Crippen molar-refractivity contribution in [2.24, 2.45) is 5.41 Å². The summed E-state index contributed by atoms with van der Waals surface area (Å²) in [7, 11) is -4.13. The Morgan fingerprint density at radius 3 is 2.58 bits per heavy atom. The molecular formula is C23H30BrClN3O9P. The SMILES string of the molecule is CC(COC(=O)C(C)(C)C)NP(=O)(OC[C@H]1O[C@@H](n2ccc(=O)[nH]c2=O)[C@](Cl)(Br)[C@@H]1O)Oc1ccccc1. The predicted octanol–water partition coefficient (Wildman–Crippen LogP) is 2.90. The number of ether oxygens (including phenoxy) is 2. The molecule has 1 fully saturated rings. The summed E-state index contributed by atoms with van der Waals surface area (Å²) in [6.45, 7) is 6.17. The van der Waals surface area contributed by atoms with Crippen molar-refractivity contribution in [3.05, 3.63) is 63.4 Å². The van der Waals surface area contributed by atoms with Crippen LogP contribution in [-0.4, -0.2) is 55.9 Å². The second-order valence-corrected chi connectivity index (χ2v) is 13.8. The van der Waals surface area contributed by atoms with Crippen LogP contribution in [0, 0.1) is 5.41 Å². The van der Waals surface area contributed by atoms with Gasteiger partial charge in [0.2, 0.25) is 0 Å². The number of rotatable bonds is 10. The number of hydrogen-bond acceptors (Lipinski definition) is 9. The third-order valence-electron chi connectivity index (χ3n) is 5.32. The molecule has 38 heavy (non-hydrogen) atoms. The lowest BCUT2D eigenvalue weighted by molar-refractivity contribution is -0.153.